The molecule has 0 N–H and O–H groups in total. The van der Waals surface area contributed by atoms with Gasteiger partial charge in [0.2, 0.25) is 0 Å². The van der Waals surface area contributed by atoms with Crippen molar-refractivity contribution in [3.8, 4) is 0 Å². The largest absolute Gasteiger partial charge is 0.462 e. The van der Waals surface area contributed by atoms with Crippen LogP contribution in [0, 0.1) is 0 Å². The molecular formula is C58H100O6. The molecule has 6 nitrogen and oxygen atoms in total. The van der Waals surface area contributed by atoms with Crippen LogP contribution in [0.1, 0.15) is 258 Å². The molecule has 0 spiro atoms. The SMILES string of the molecule is CC/C=C\C/C=C\CCCCCCCCCC(=O)OC(COC(=O)CCCCCCC\C=C/C=C\C=C/C=C\CCCCC)COC(=O)CCCCCCCCCCCCCCCC. The molecular weight excluding hydrogens is 793 g/mol. The van der Waals surface area contributed by atoms with E-state index in [1.807, 2.05) is 0 Å². The molecule has 1 unspecified atom stereocenters. The Bertz CT molecular complexity index is 1210. The maximum Gasteiger partial charge on any atom is 0.306 e. The molecule has 0 amide bonds. The van der Waals surface area contributed by atoms with Crippen LogP contribution in [0.2, 0.25) is 0 Å². The predicted octanol–water partition coefficient (Wildman–Crippen LogP) is 17.8. The molecule has 368 valence electrons. The minimum Gasteiger partial charge on any atom is -0.462 e. The van der Waals surface area contributed by atoms with E-state index in [2.05, 4.69) is 93.7 Å². The Morgan fingerprint density at radius 3 is 1.11 bits per heavy atom. The third-order valence-electron chi connectivity index (χ3n) is 11.5. The van der Waals surface area contributed by atoms with Crippen molar-refractivity contribution in [2.75, 3.05) is 13.2 Å². The monoisotopic (exact) mass is 893 g/mol. The molecule has 0 heterocycles. The third kappa shape index (κ3) is 49.9. The standard InChI is InChI=1S/C58H100O6/c1-4-7-10-13-16-19-22-25-28-29-30-31-34-36-39-42-45-48-51-57(60)63-54-55(64-58(61)52-49-46-43-40-37-33-27-24-21-18-15-12-9-6-3)53-62-56(59)50-47-44-41-38-35-32-26-23-20-17-14-11-8-5-2/h9,12,16,18-19,21-22,25,28-31,55H,4-8,10-11,13-15,17,20,23-24,26-27,32-54H2,1-3H3/b12-9-,19-16-,21-18-,25-22-,29-28-,31-30-. The molecule has 0 aliphatic heterocycles. The van der Waals surface area contributed by atoms with Gasteiger partial charge in [0.05, 0.1) is 0 Å². The Labute approximate surface area is 395 Å². The lowest BCUT2D eigenvalue weighted by atomic mass is 10.0. The normalized spacial score (nSPS) is 12.6. The second-order valence-corrected chi connectivity index (χ2v) is 17.9. The van der Waals surface area contributed by atoms with Crippen LogP contribution in [0.4, 0.5) is 0 Å². The molecule has 0 rings (SSSR count). The van der Waals surface area contributed by atoms with Gasteiger partial charge in [0.25, 0.3) is 0 Å². The van der Waals surface area contributed by atoms with Gasteiger partial charge in [-0.3, -0.25) is 14.4 Å². The van der Waals surface area contributed by atoms with Crippen molar-refractivity contribution >= 4 is 17.9 Å². The maximum absolute atomic E-state index is 12.8. The highest BCUT2D eigenvalue weighted by Gasteiger charge is 2.19. The van der Waals surface area contributed by atoms with Crippen molar-refractivity contribution < 1.29 is 28.6 Å². The zero-order valence-corrected chi connectivity index (χ0v) is 42.0. The summed E-state index contributed by atoms with van der Waals surface area (Å²) in [4.78, 5) is 38.0. The summed E-state index contributed by atoms with van der Waals surface area (Å²) in [6.07, 6.45) is 65.9. The molecule has 0 bridgehead atoms. The van der Waals surface area contributed by atoms with Gasteiger partial charge in [0, 0.05) is 19.3 Å². The molecule has 0 saturated carbocycles. The van der Waals surface area contributed by atoms with Crippen LogP contribution < -0.4 is 0 Å². The lowest BCUT2D eigenvalue weighted by Gasteiger charge is -2.18. The van der Waals surface area contributed by atoms with E-state index in [0.717, 1.165) is 103 Å². The fourth-order valence-corrected chi connectivity index (χ4v) is 7.49. The Morgan fingerprint density at radius 1 is 0.344 bits per heavy atom. The van der Waals surface area contributed by atoms with E-state index < -0.39 is 6.10 Å². The number of carbonyl (C=O) groups excluding carboxylic acids is 3. The molecule has 0 saturated heterocycles. The highest BCUT2D eigenvalue weighted by molar-refractivity contribution is 5.71. The summed E-state index contributed by atoms with van der Waals surface area (Å²) < 4.78 is 16.8. The van der Waals surface area contributed by atoms with Crippen LogP contribution in [0.5, 0.6) is 0 Å². The number of hydrogen-bond acceptors (Lipinski definition) is 6. The summed E-state index contributed by atoms with van der Waals surface area (Å²) in [7, 11) is 0. The smallest absolute Gasteiger partial charge is 0.306 e. The van der Waals surface area contributed by atoms with Crippen LogP contribution in [-0.2, 0) is 28.6 Å². The van der Waals surface area contributed by atoms with E-state index in [1.54, 1.807) is 0 Å². The summed E-state index contributed by atoms with van der Waals surface area (Å²) in [5, 5.41) is 0. The second kappa shape index (κ2) is 52.5. The Morgan fingerprint density at radius 2 is 0.672 bits per heavy atom. The zero-order valence-electron chi connectivity index (χ0n) is 42.0. The quantitative estimate of drug-likeness (QED) is 0.0199. The average molecular weight is 893 g/mol. The van der Waals surface area contributed by atoms with E-state index >= 15 is 0 Å². The van der Waals surface area contributed by atoms with Gasteiger partial charge in [-0.05, 0) is 70.6 Å². The van der Waals surface area contributed by atoms with E-state index in [-0.39, 0.29) is 31.1 Å². The first-order valence-electron chi connectivity index (χ1n) is 27.0. The van der Waals surface area contributed by atoms with E-state index in [1.165, 1.54) is 116 Å². The van der Waals surface area contributed by atoms with Crippen molar-refractivity contribution in [2.24, 2.45) is 0 Å². The highest BCUT2D eigenvalue weighted by Crippen LogP contribution is 2.15. The molecule has 0 aromatic heterocycles. The topological polar surface area (TPSA) is 78.9 Å². The highest BCUT2D eigenvalue weighted by atomic mass is 16.6. The number of esters is 3. The van der Waals surface area contributed by atoms with Gasteiger partial charge < -0.3 is 14.2 Å². The fraction of sp³-hybridized carbons (Fsp3) is 0.741. The number of hydrogen-bond donors (Lipinski definition) is 0. The molecule has 0 radical (unpaired) electrons. The number of allylic oxidation sites excluding steroid dienone is 12. The molecule has 0 aliphatic carbocycles. The van der Waals surface area contributed by atoms with Crippen LogP contribution in [0.25, 0.3) is 0 Å². The maximum atomic E-state index is 12.8. The van der Waals surface area contributed by atoms with Crippen molar-refractivity contribution in [1.82, 2.24) is 0 Å². The minimum atomic E-state index is -0.787. The van der Waals surface area contributed by atoms with E-state index in [0.29, 0.717) is 19.3 Å². The van der Waals surface area contributed by atoms with Crippen molar-refractivity contribution in [1.29, 1.82) is 0 Å². The zero-order chi connectivity index (χ0) is 46.5. The summed E-state index contributed by atoms with van der Waals surface area (Å²) >= 11 is 0. The molecule has 6 heteroatoms. The number of unbranched alkanes of at least 4 members (excludes halogenated alkanes) is 28. The Balaban J connectivity index is 4.42. The van der Waals surface area contributed by atoms with Crippen LogP contribution >= 0.6 is 0 Å². The van der Waals surface area contributed by atoms with E-state index in [4.69, 9.17) is 14.2 Å². The van der Waals surface area contributed by atoms with Crippen molar-refractivity contribution in [2.45, 2.75) is 264 Å². The fourth-order valence-electron chi connectivity index (χ4n) is 7.49. The first kappa shape index (κ1) is 60.9. The van der Waals surface area contributed by atoms with Gasteiger partial charge in [0.15, 0.2) is 6.10 Å². The lowest BCUT2D eigenvalue weighted by molar-refractivity contribution is -0.167. The van der Waals surface area contributed by atoms with Gasteiger partial charge >= 0.3 is 17.9 Å². The van der Waals surface area contributed by atoms with Crippen LogP contribution in [0.3, 0.4) is 0 Å². The second-order valence-electron chi connectivity index (χ2n) is 17.9. The summed E-state index contributed by atoms with van der Waals surface area (Å²) in [5.41, 5.74) is 0. The van der Waals surface area contributed by atoms with E-state index in [9.17, 15) is 14.4 Å². The molecule has 1 atom stereocenters. The molecule has 0 aliphatic rings. The Hall–Kier alpha value is -3.15. The molecule has 0 aromatic carbocycles. The van der Waals surface area contributed by atoms with Gasteiger partial charge in [-0.1, -0.05) is 241 Å². The van der Waals surface area contributed by atoms with Crippen LogP contribution in [0.15, 0.2) is 72.9 Å². The summed E-state index contributed by atoms with van der Waals surface area (Å²) in [6.45, 7) is 6.48. The van der Waals surface area contributed by atoms with Gasteiger partial charge in [0.1, 0.15) is 13.2 Å². The van der Waals surface area contributed by atoms with Gasteiger partial charge in [-0.15, -0.1) is 0 Å². The lowest BCUT2D eigenvalue weighted by Crippen LogP contribution is -2.30. The summed E-state index contributed by atoms with van der Waals surface area (Å²) in [5.74, 6) is -0.911. The van der Waals surface area contributed by atoms with Gasteiger partial charge in [-0.25, -0.2) is 0 Å². The van der Waals surface area contributed by atoms with Gasteiger partial charge in [-0.2, -0.15) is 0 Å². The first-order valence-corrected chi connectivity index (χ1v) is 27.0. The summed E-state index contributed by atoms with van der Waals surface area (Å²) in [6, 6.07) is 0. The predicted molar refractivity (Wildman–Crippen MR) is 274 cm³/mol. The molecule has 0 fully saturated rings. The number of rotatable bonds is 48. The van der Waals surface area contributed by atoms with Crippen molar-refractivity contribution in [3.05, 3.63) is 72.9 Å². The minimum absolute atomic E-state index is 0.0848. The Kier molecular flexibility index (Phi) is 49.9. The number of ether oxygens (including phenoxy) is 3. The van der Waals surface area contributed by atoms with Crippen LogP contribution in [-0.4, -0.2) is 37.2 Å². The molecule has 0 aromatic rings. The van der Waals surface area contributed by atoms with Crippen molar-refractivity contribution in [3.63, 3.8) is 0 Å². The third-order valence-corrected chi connectivity index (χ3v) is 11.5. The number of carbonyl (C=O) groups is 3. The first-order chi connectivity index (χ1) is 31.5. The average Bonchev–Trinajstić information content (AvgIpc) is 3.29. The molecule has 64 heavy (non-hydrogen) atoms.